The molecule has 0 amide bonds. The Morgan fingerprint density at radius 1 is 1.23 bits per heavy atom. The van der Waals surface area contributed by atoms with E-state index in [1.165, 1.54) is 14.0 Å². The zero-order valence-electron chi connectivity index (χ0n) is 17.7. The molecule has 30 heavy (non-hydrogen) atoms. The molecular formula is C23H28O7. The maximum absolute atomic E-state index is 13.4. The Morgan fingerprint density at radius 2 is 1.97 bits per heavy atom. The molecule has 6 rings (SSSR count). The molecule has 2 heterocycles. The Hall–Kier alpha value is -1.89. The summed E-state index contributed by atoms with van der Waals surface area (Å²) in [5.74, 6) is -1.69. The van der Waals surface area contributed by atoms with Crippen LogP contribution in [0.25, 0.3) is 0 Å². The summed E-state index contributed by atoms with van der Waals surface area (Å²) in [7, 11) is 1.41. The third kappa shape index (κ3) is 1.71. The van der Waals surface area contributed by atoms with E-state index in [4.69, 9.17) is 18.9 Å². The number of carbonyl (C=O) groups excluding carboxylic acids is 3. The molecule has 6 aliphatic rings. The number of hydrogen-bond acceptors (Lipinski definition) is 7. The predicted octanol–water partition coefficient (Wildman–Crippen LogP) is 2.32. The van der Waals surface area contributed by atoms with Gasteiger partial charge in [-0.2, -0.15) is 0 Å². The van der Waals surface area contributed by atoms with E-state index >= 15 is 0 Å². The third-order valence-electron chi connectivity index (χ3n) is 9.83. The number of hydrogen-bond donors (Lipinski definition) is 0. The Kier molecular flexibility index (Phi) is 3.21. The fourth-order valence-electron chi connectivity index (χ4n) is 8.79. The normalized spacial score (nSPS) is 54.4. The third-order valence-corrected chi connectivity index (χ3v) is 9.83. The molecule has 0 aromatic heterocycles. The first-order valence-corrected chi connectivity index (χ1v) is 10.9. The minimum absolute atomic E-state index is 0.0187. The second kappa shape index (κ2) is 5.12. The van der Waals surface area contributed by atoms with Crippen molar-refractivity contribution < 1.29 is 33.3 Å². The van der Waals surface area contributed by atoms with Gasteiger partial charge in [0, 0.05) is 18.8 Å². The minimum Gasteiger partial charge on any atom is -0.469 e. The van der Waals surface area contributed by atoms with Crippen molar-refractivity contribution in [2.75, 3.05) is 13.7 Å². The number of methoxy groups -OCH3 is 1. The largest absolute Gasteiger partial charge is 0.469 e. The van der Waals surface area contributed by atoms with Crippen LogP contribution in [0.4, 0.5) is 0 Å². The van der Waals surface area contributed by atoms with Gasteiger partial charge in [-0.25, -0.2) is 0 Å². The van der Waals surface area contributed by atoms with Gasteiger partial charge in [-0.05, 0) is 50.9 Å². The summed E-state index contributed by atoms with van der Waals surface area (Å²) in [5.41, 5.74) is -2.47. The summed E-state index contributed by atoms with van der Waals surface area (Å²) < 4.78 is 23.5. The quantitative estimate of drug-likeness (QED) is 0.295. The second-order valence-electron chi connectivity index (χ2n) is 10.7. The van der Waals surface area contributed by atoms with Crippen LogP contribution in [0.2, 0.25) is 0 Å². The van der Waals surface area contributed by atoms with Gasteiger partial charge in [-0.3, -0.25) is 14.4 Å². The lowest BCUT2D eigenvalue weighted by atomic mass is 9.58. The van der Waals surface area contributed by atoms with E-state index in [1.54, 1.807) is 0 Å². The van der Waals surface area contributed by atoms with Gasteiger partial charge in [-0.15, -0.1) is 0 Å². The molecule has 162 valence electrons. The first-order valence-electron chi connectivity index (χ1n) is 10.9. The van der Waals surface area contributed by atoms with Crippen molar-refractivity contribution in [3.8, 4) is 0 Å². The highest BCUT2D eigenvalue weighted by Crippen LogP contribution is 2.81. The average molecular weight is 416 g/mol. The predicted molar refractivity (Wildman–Crippen MR) is 102 cm³/mol. The van der Waals surface area contributed by atoms with Gasteiger partial charge < -0.3 is 18.9 Å². The van der Waals surface area contributed by atoms with Gasteiger partial charge >= 0.3 is 17.9 Å². The molecule has 2 saturated heterocycles. The van der Waals surface area contributed by atoms with Gasteiger partial charge in [0.1, 0.15) is 16.8 Å². The molecule has 7 heteroatoms. The highest BCUT2D eigenvalue weighted by Gasteiger charge is 2.88. The van der Waals surface area contributed by atoms with E-state index in [9.17, 15) is 14.4 Å². The molecule has 4 bridgehead atoms. The SMILES string of the molecule is C=C1CC[C@]23OC(=O)[C@]1(C)[C@H]2[C@H](C(=O)OC)[C@]12C[C@]4(CO4)[C@](OC(C)=O)(CC[C@H]13)C2. The molecule has 2 aliphatic heterocycles. The number of epoxide rings is 1. The summed E-state index contributed by atoms with van der Waals surface area (Å²) in [6.07, 6.45) is 4.00. The monoisotopic (exact) mass is 416 g/mol. The Balaban J connectivity index is 1.56. The van der Waals surface area contributed by atoms with Crippen molar-refractivity contribution in [1.82, 2.24) is 0 Å². The highest BCUT2D eigenvalue weighted by molar-refractivity contribution is 5.88. The Morgan fingerprint density at radius 3 is 2.60 bits per heavy atom. The summed E-state index contributed by atoms with van der Waals surface area (Å²) >= 11 is 0. The number of fused-ring (bicyclic) bond motifs is 2. The summed E-state index contributed by atoms with van der Waals surface area (Å²) in [4.78, 5) is 38.6. The van der Waals surface area contributed by atoms with Crippen LogP contribution in [0.1, 0.15) is 52.4 Å². The zero-order chi connectivity index (χ0) is 21.3. The Labute approximate surface area is 175 Å². The molecule has 8 atom stereocenters. The van der Waals surface area contributed by atoms with Crippen molar-refractivity contribution >= 4 is 17.9 Å². The maximum atomic E-state index is 13.4. The van der Waals surface area contributed by atoms with E-state index in [2.05, 4.69) is 6.58 Å². The summed E-state index contributed by atoms with van der Waals surface area (Å²) in [6, 6.07) is 0. The molecule has 0 radical (unpaired) electrons. The molecule has 0 aromatic carbocycles. The van der Waals surface area contributed by atoms with E-state index in [0.29, 0.717) is 32.3 Å². The lowest BCUT2D eigenvalue weighted by Gasteiger charge is -2.46. The van der Waals surface area contributed by atoms with Crippen LogP contribution in [0.3, 0.4) is 0 Å². The van der Waals surface area contributed by atoms with Crippen LogP contribution in [0.5, 0.6) is 0 Å². The molecule has 0 aromatic rings. The van der Waals surface area contributed by atoms with Crippen molar-refractivity contribution in [2.45, 2.75) is 69.2 Å². The fraction of sp³-hybridized carbons (Fsp3) is 0.783. The molecule has 6 fully saturated rings. The molecule has 0 N–H and O–H groups in total. The van der Waals surface area contributed by atoms with Crippen molar-refractivity contribution in [2.24, 2.45) is 28.6 Å². The van der Waals surface area contributed by atoms with Crippen LogP contribution in [-0.4, -0.2) is 48.4 Å². The molecule has 2 spiro atoms. The molecule has 4 saturated carbocycles. The van der Waals surface area contributed by atoms with Crippen LogP contribution in [-0.2, 0) is 33.3 Å². The first kappa shape index (κ1) is 18.8. The minimum atomic E-state index is -0.895. The number of ether oxygens (including phenoxy) is 4. The standard InChI is InChI=1S/C23H28O7/c1-12-5-8-23-14-6-7-21(29-13(2)24)9-20(14,10-22(21)11-28-22)15(17(25)27-4)16(23)19(12,3)18(26)30-23/h14-16H,1,5-11H2,2-4H3/t14-,15-,16-,19+,20-,21+,22+,23-/m1/s1. The van der Waals surface area contributed by atoms with Gasteiger partial charge in [0.15, 0.2) is 0 Å². The molecule has 0 unspecified atom stereocenters. The zero-order valence-corrected chi connectivity index (χ0v) is 17.7. The highest BCUT2D eigenvalue weighted by atomic mass is 16.6. The van der Waals surface area contributed by atoms with Crippen LogP contribution >= 0.6 is 0 Å². The number of carbonyl (C=O) groups is 3. The van der Waals surface area contributed by atoms with Gasteiger partial charge in [0.05, 0.1) is 25.0 Å². The lowest BCUT2D eigenvalue weighted by molar-refractivity contribution is -0.174. The first-order chi connectivity index (χ1) is 14.1. The Bertz CT molecular complexity index is 921. The topological polar surface area (TPSA) is 91.4 Å². The van der Waals surface area contributed by atoms with Gasteiger partial charge in [0.2, 0.25) is 0 Å². The van der Waals surface area contributed by atoms with Crippen molar-refractivity contribution in [3.05, 3.63) is 12.2 Å². The van der Waals surface area contributed by atoms with Crippen LogP contribution in [0.15, 0.2) is 12.2 Å². The maximum Gasteiger partial charge on any atom is 0.316 e. The second-order valence-corrected chi connectivity index (χ2v) is 10.7. The van der Waals surface area contributed by atoms with Gasteiger partial charge in [-0.1, -0.05) is 12.2 Å². The molecular weight excluding hydrogens is 388 g/mol. The van der Waals surface area contributed by atoms with E-state index in [0.717, 1.165) is 18.4 Å². The summed E-state index contributed by atoms with van der Waals surface area (Å²) in [5, 5.41) is 0. The van der Waals surface area contributed by atoms with Crippen LogP contribution in [0, 0.1) is 28.6 Å². The van der Waals surface area contributed by atoms with Gasteiger partial charge in [0.25, 0.3) is 0 Å². The number of rotatable bonds is 2. The smallest absolute Gasteiger partial charge is 0.316 e. The van der Waals surface area contributed by atoms with E-state index in [1.807, 2.05) is 6.92 Å². The fourth-order valence-corrected chi connectivity index (χ4v) is 8.79. The van der Waals surface area contributed by atoms with E-state index in [-0.39, 0.29) is 29.7 Å². The van der Waals surface area contributed by atoms with Crippen molar-refractivity contribution in [3.63, 3.8) is 0 Å². The summed E-state index contributed by atoms with van der Waals surface area (Å²) in [6.45, 7) is 8.07. The van der Waals surface area contributed by atoms with Crippen LogP contribution < -0.4 is 0 Å². The van der Waals surface area contributed by atoms with E-state index < -0.39 is 33.6 Å². The molecule has 7 nitrogen and oxygen atoms in total. The number of esters is 3. The molecule has 4 aliphatic carbocycles. The lowest BCUT2D eigenvalue weighted by Crippen LogP contribution is -2.50. The average Bonchev–Trinajstić information content (AvgIpc) is 3.34. The van der Waals surface area contributed by atoms with Crippen molar-refractivity contribution in [1.29, 1.82) is 0 Å².